The fraction of sp³-hybridized carbons (Fsp3) is 0.269. The van der Waals surface area contributed by atoms with Gasteiger partial charge >= 0.3 is 0 Å². The lowest BCUT2D eigenvalue weighted by molar-refractivity contribution is -0.127. The molecule has 0 unspecified atom stereocenters. The average molecular weight is 491 g/mol. The molecule has 4 aromatic rings. The molecule has 35 heavy (non-hydrogen) atoms. The first-order valence-electron chi connectivity index (χ1n) is 11.5. The van der Waals surface area contributed by atoms with E-state index in [0.29, 0.717) is 34.3 Å². The second-order valence-electron chi connectivity index (χ2n) is 8.63. The number of nitrogens with zero attached hydrogens (tertiary/aromatic N) is 5. The van der Waals surface area contributed by atoms with Gasteiger partial charge in [0.2, 0.25) is 11.8 Å². The molecule has 0 saturated carbocycles. The highest BCUT2D eigenvalue weighted by molar-refractivity contribution is 6.30. The first kappa shape index (κ1) is 24.3. The van der Waals surface area contributed by atoms with Crippen LogP contribution in [0.15, 0.2) is 73.1 Å². The molecule has 0 spiro atoms. The van der Waals surface area contributed by atoms with Gasteiger partial charge in [0, 0.05) is 29.6 Å². The molecule has 8 nitrogen and oxygen atoms in total. The Bertz CT molecular complexity index is 1290. The van der Waals surface area contributed by atoms with Gasteiger partial charge in [-0.25, -0.2) is 4.68 Å². The summed E-state index contributed by atoms with van der Waals surface area (Å²) in [5.74, 6) is -0.156. The highest BCUT2D eigenvalue weighted by atomic mass is 35.5. The molecular weight excluding hydrogens is 464 g/mol. The fourth-order valence-corrected chi connectivity index (χ4v) is 3.95. The van der Waals surface area contributed by atoms with E-state index in [4.69, 9.17) is 11.6 Å². The number of hydrogen-bond donors (Lipinski definition) is 1. The average Bonchev–Trinajstić information content (AvgIpc) is 3.26. The highest BCUT2D eigenvalue weighted by Gasteiger charge is 2.33. The van der Waals surface area contributed by atoms with Crippen molar-refractivity contribution >= 4 is 40.1 Å². The molecule has 2 aromatic heterocycles. The highest BCUT2D eigenvalue weighted by Crippen LogP contribution is 2.29. The molecule has 0 bridgehead atoms. The third-order valence-electron chi connectivity index (χ3n) is 5.63. The number of amides is 2. The van der Waals surface area contributed by atoms with Gasteiger partial charge in [0.05, 0.1) is 5.52 Å². The molecule has 2 amide bonds. The first-order chi connectivity index (χ1) is 16.9. The van der Waals surface area contributed by atoms with Crippen molar-refractivity contribution in [2.45, 2.75) is 32.9 Å². The maximum atomic E-state index is 13.8. The van der Waals surface area contributed by atoms with Crippen molar-refractivity contribution in [3.63, 3.8) is 0 Å². The Hall–Kier alpha value is -3.78. The number of halogens is 1. The first-order valence-corrected chi connectivity index (χ1v) is 11.9. The van der Waals surface area contributed by atoms with Crippen molar-refractivity contribution in [3.8, 4) is 0 Å². The zero-order valence-corrected chi connectivity index (χ0v) is 20.4. The summed E-state index contributed by atoms with van der Waals surface area (Å²) in [7, 11) is 0. The van der Waals surface area contributed by atoms with E-state index in [1.807, 2.05) is 24.3 Å². The van der Waals surface area contributed by atoms with Crippen LogP contribution in [-0.2, 0) is 16.1 Å². The van der Waals surface area contributed by atoms with Crippen molar-refractivity contribution in [2.24, 2.45) is 5.92 Å². The second kappa shape index (κ2) is 11.1. The number of fused-ring (bicyclic) bond motifs is 1. The molecule has 1 N–H and O–H groups in total. The number of para-hydroxylation sites is 1. The smallest absolute Gasteiger partial charge is 0.249 e. The van der Waals surface area contributed by atoms with Crippen LogP contribution in [0.4, 0.5) is 5.69 Å². The van der Waals surface area contributed by atoms with Crippen LogP contribution in [-0.4, -0.2) is 38.3 Å². The molecule has 0 fully saturated rings. The van der Waals surface area contributed by atoms with Crippen LogP contribution in [0.3, 0.4) is 0 Å². The van der Waals surface area contributed by atoms with Crippen molar-refractivity contribution in [1.29, 1.82) is 0 Å². The van der Waals surface area contributed by atoms with E-state index >= 15 is 0 Å². The molecular formula is C26H27ClN6O2. The SMILES string of the molecule is CC(C)CCNC(=O)[C@@H](c1ccncc1)N(C(=O)Cn1nnc2ccccc21)c1ccc(Cl)cc1. The summed E-state index contributed by atoms with van der Waals surface area (Å²) in [6.07, 6.45) is 4.05. The van der Waals surface area contributed by atoms with Crippen LogP contribution in [0.25, 0.3) is 11.0 Å². The normalized spacial score (nSPS) is 12.0. The number of nitrogens with one attached hydrogen (secondary N) is 1. The van der Waals surface area contributed by atoms with Gasteiger partial charge in [-0.05, 0) is 66.4 Å². The second-order valence-corrected chi connectivity index (χ2v) is 9.07. The maximum absolute atomic E-state index is 13.8. The molecule has 1 atom stereocenters. The zero-order chi connectivity index (χ0) is 24.8. The Labute approximate surface area is 208 Å². The summed E-state index contributed by atoms with van der Waals surface area (Å²) in [5, 5.41) is 11.8. The topological polar surface area (TPSA) is 93.0 Å². The third-order valence-corrected chi connectivity index (χ3v) is 5.88. The van der Waals surface area contributed by atoms with E-state index in [1.54, 1.807) is 53.5 Å². The van der Waals surface area contributed by atoms with Crippen LogP contribution in [0.1, 0.15) is 31.9 Å². The van der Waals surface area contributed by atoms with Crippen molar-refractivity contribution < 1.29 is 9.59 Å². The molecule has 0 aliphatic rings. The van der Waals surface area contributed by atoms with E-state index in [0.717, 1.165) is 11.9 Å². The fourth-order valence-electron chi connectivity index (χ4n) is 3.82. The molecule has 180 valence electrons. The molecule has 0 saturated heterocycles. The largest absolute Gasteiger partial charge is 0.354 e. The van der Waals surface area contributed by atoms with Crippen LogP contribution in [0, 0.1) is 5.92 Å². The Morgan fingerprint density at radius 3 is 2.46 bits per heavy atom. The Morgan fingerprint density at radius 2 is 1.74 bits per heavy atom. The number of aromatic nitrogens is 4. The molecule has 0 aliphatic heterocycles. The summed E-state index contributed by atoms with van der Waals surface area (Å²) in [5.41, 5.74) is 2.62. The van der Waals surface area contributed by atoms with Crippen LogP contribution in [0.2, 0.25) is 5.02 Å². The lowest BCUT2D eigenvalue weighted by atomic mass is 10.0. The molecule has 2 heterocycles. The summed E-state index contributed by atoms with van der Waals surface area (Å²) in [6.45, 7) is 4.61. The predicted molar refractivity (Wildman–Crippen MR) is 136 cm³/mol. The Balaban J connectivity index is 1.73. The number of hydrogen-bond acceptors (Lipinski definition) is 5. The van der Waals surface area contributed by atoms with Crippen molar-refractivity contribution in [1.82, 2.24) is 25.3 Å². The van der Waals surface area contributed by atoms with E-state index in [1.165, 1.54) is 4.90 Å². The van der Waals surface area contributed by atoms with Gasteiger partial charge in [0.1, 0.15) is 18.1 Å². The monoisotopic (exact) mass is 490 g/mol. The number of rotatable bonds is 9. The standard InChI is InChI=1S/C26H27ClN6O2/c1-18(2)11-16-29-26(35)25(19-12-14-28-15-13-19)33(21-9-7-20(27)8-10-21)24(34)17-32-23-6-4-3-5-22(23)30-31-32/h3-10,12-15,18,25H,11,16-17H2,1-2H3,(H,29,35)/t25-/m1/s1. The van der Waals surface area contributed by atoms with Gasteiger partial charge in [-0.3, -0.25) is 19.5 Å². The lowest BCUT2D eigenvalue weighted by Gasteiger charge is -2.31. The Morgan fingerprint density at radius 1 is 1.03 bits per heavy atom. The summed E-state index contributed by atoms with van der Waals surface area (Å²) >= 11 is 6.12. The predicted octanol–water partition coefficient (Wildman–Crippen LogP) is 4.42. The summed E-state index contributed by atoms with van der Waals surface area (Å²) in [4.78, 5) is 33.0. The maximum Gasteiger partial charge on any atom is 0.249 e. The molecule has 2 aromatic carbocycles. The van der Waals surface area contributed by atoms with Crippen LogP contribution in [0.5, 0.6) is 0 Å². The number of carbonyl (C=O) groups excluding carboxylic acids is 2. The van der Waals surface area contributed by atoms with Crippen molar-refractivity contribution in [3.05, 3.63) is 83.6 Å². The van der Waals surface area contributed by atoms with Gasteiger partial charge < -0.3 is 5.32 Å². The van der Waals surface area contributed by atoms with E-state index in [2.05, 4.69) is 34.5 Å². The minimum absolute atomic E-state index is 0.0933. The van der Waals surface area contributed by atoms with E-state index in [-0.39, 0.29) is 18.4 Å². The summed E-state index contributed by atoms with van der Waals surface area (Å²) in [6, 6.07) is 16.9. The molecule has 4 rings (SSSR count). The van der Waals surface area contributed by atoms with E-state index < -0.39 is 6.04 Å². The number of pyridine rings is 1. The third kappa shape index (κ3) is 5.84. The number of carbonyl (C=O) groups is 2. The summed E-state index contributed by atoms with van der Waals surface area (Å²) < 4.78 is 1.54. The van der Waals surface area contributed by atoms with Gasteiger partial charge in [-0.1, -0.05) is 42.8 Å². The number of benzene rings is 2. The van der Waals surface area contributed by atoms with Gasteiger partial charge in [-0.15, -0.1) is 5.10 Å². The van der Waals surface area contributed by atoms with E-state index in [9.17, 15) is 9.59 Å². The quantitative estimate of drug-likeness (QED) is 0.375. The number of anilines is 1. The van der Waals surface area contributed by atoms with Crippen LogP contribution >= 0.6 is 11.6 Å². The van der Waals surface area contributed by atoms with Gasteiger partial charge in [0.15, 0.2) is 0 Å². The van der Waals surface area contributed by atoms with Crippen molar-refractivity contribution in [2.75, 3.05) is 11.4 Å². The molecule has 0 radical (unpaired) electrons. The minimum atomic E-state index is -0.909. The molecule has 9 heteroatoms. The minimum Gasteiger partial charge on any atom is -0.354 e. The zero-order valence-electron chi connectivity index (χ0n) is 19.6. The van der Waals surface area contributed by atoms with Crippen LogP contribution < -0.4 is 10.2 Å². The Kier molecular flexibility index (Phi) is 7.72. The molecule has 0 aliphatic carbocycles. The van der Waals surface area contributed by atoms with Gasteiger partial charge in [0.25, 0.3) is 0 Å². The van der Waals surface area contributed by atoms with Gasteiger partial charge in [-0.2, -0.15) is 0 Å². The lowest BCUT2D eigenvalue weighted by Crippen LogP contribution is -2.45.